The minimum absolute atomic E-state index is 0.612. The molecule has 14 heavy (non-hydrogen) atoms. The highest BCUT2D eigenvalue weighted by Gasteiger charge is 2.30. The van der Waals surface area contributed by atoms with Crippen LogP contribution in [0.15, 0.2) is 0 Å². The lowest BCUT2D eigenvalue weighted by atomic mass is 9.89. The number of nitrogens with zero attached hydrogens (tertiary/aromatic N) is 1. The molecule has 2 aliphatic rings. The van der Waals surface area contributed by atoms with Gasteiger partial charge >= 0.3 is 0 Å². The number of aromatic nitrogens is 1. The van der Waals surface area contributed by atoms with E-state index in [9.17, 15) is 0 Å². The van der Waals surface area contributed by atoms with E-state index in [1.54, 1.807) is 5.56 Å². The van der Waals surface area contributed by atoms with Crippen LogP contribution in [-0.2, 0) is 13.0 Å². The molecule has 0 bridgehead atoms. The minimum Gasteiger partial charge on any atom is -0.306 e. The van der Waals surface area contributed by atoms with Crippen LogP contribution in [-0.4, -0.2) is 4.98 Å². The molecule has 1 N–H and O–H groups in total. The monoisotopic (exact) mass is 188 g/mol. The van der Waals surface area contributed by atoms with Gasteiger partial charge in [-0.3, -0.25) is 4.98 Å². The summed E-state index contributed by atoms with van der Waals surface area (Å²) in [7, 11) is 0. The first-order valence-corrected chi connectivity index (χ1v) is 5.49. The molecule has 2 heterocycles. The smallest absolute Gasteiger partial charge is 0.0458 e. The van der Waals surface area contributed by atoms with Crippen molar-refractivity contribution in [3.8, 4) is 0 Å². The Kier molecular flexibility index (Phi) is 1.68. The molecule has 1 aliphatic heterocycles. The summed E-state index contributed by atoms with van der Waals surface area (Å²) in [6.07, 6.45) is 3.77. The normalized spacial score (nSPS) is 23.7. The molecule has 1 aromatic heterocycles. The zero-order valence-corrected chi connectivity index (χ0v) is 8.85. The maximum Gasteiger partial charge on any atom is 0.0458 e. The van der Waals surface area contributed by atoms with Gasteiger partial charge in [-0.1, -0.05) is 0 Å². The zero-order chi connectivity index (χ0) is 9.71. The SMILES string of the molecule is Cc1nc2c3c(c1C)CN[C@@H]3CCC2. The largest absolute Gasteiger partial charge is 0.306 e. The van der Waals surface area contributed by atoms with E-state index in [-0.39, 0.29) is 0 Å². The maximum atomic E-state index is 4.72. The van der Waals surface area contributed by atoms with Crippen LogP contribution < -0.4 is 5.32 Å². The second-order valence-electron chi connectivity index (χ2n) is 4.49. The van der Waals surface area contributed by atoms with Crippen molar-refractivity contribution in [1.29, 1.82) is 0 Å². The van der Waals surface area contributed by atoms with Gasteiger partial charge in [-0.15, -0.1) is 0 Å². The van der Waals surface area contributed by atoms with Crippen molar-refractivity contribution in [1.82, 2.24) is 10.3 Å². The van der Waals surface area contributed by atoms with Gasteiger partial charge in [0.15, 0.2) is 0 Å². The summed E-state index contributed by atoms with van der Waals surface area (Å²) in [4.78, 5) is 4.72. The lowest BCUT2D eigenvalue weighted by Crippen LogP contribution is -2.17. The third-order valence-electron chi connectivity index (χ3n) is 3.71. The van der Waals surface area contributed by atoms with Crippen molar-refractivity contribution in [2.24, 2.45) is 0 Å². The predicted octanol–water partition coefficient (Wildman–Crippen LogP) is 2.18. The number of hydrogen-bond acceptors (Lipinski definition) is 2. The van der Waals surface area contributed by atoms with E-state index in [0.717, 1.165) is 6.54 Å². The number of rotatable bonds is 0. The van der Waals surface area contributed by atoms with E-state index in [2.05, 4.69) is 19.2 Å². The van der Waals surface area contributed by atoms with E-state index in [1.807, 2.05) is 0 Å². The van der Waals surface area contributed by atoms with Crippen LogP contribution in [0.4, 0.5) is 0 Å². The van der Waals surface area contributed by atoms with Gasteiger partial charge < -0.3 is 5.32 Å². The van der Waals surface area contributed by atoms with Gasteiger partial charge in [0, 0.05) is 24.0 Å². The summed E-state index contributed by atoms with van der Waals surface area (Å²) in [5.74, 6) is 0. The van der Waals surface area contributed by atoms with Crippen LogP contribution in [0.5, 0.6) is 0 Å². The Hall–Kier alpha value is -0.890. The van der Waals surface area contributed by atoms with Gasteiger partial charge in [-0.05, 0) is 49.8 Å². The highest BCUT2D eigenvalue weighted by atomic mass is 15.0. The Labute approximate surface area is 84.7 Å². The summed E-state index contributed by atoms with van der Waals surface area (Å²) >= 11 is 0. The predicted molar refractivity (Wildman–Crippen MR) is 56.2 cm³/mol. The van der Waals surface area contributed by atoms with Crippen molar-refractivity contribution >= 4 is 0 Å². The first-order valence-electron chi connectivity index (χ1n) is 5.49. The average molecular weight is 188 g/mol. The molecule has 74 valence electrons. The molecule has 2 heteroatoms. The summed E-state index contributed by atoms with van der Waals surface area (Å²) in [5, 5.41) is 3.59. The van der Waals surface area contributed by atoms with Gasteiger partial charge in [-0.2, -0.15) is 0 Å². The Morgan fingerprint density at radius 3 is 3.07 bits per heavy atom. The van der Waals surface area contributed by atoms with Crippen LogP contribution in [0.25, 0.3) is 0 Å². The van der Waals surface area contributed by atoms with Crippen LogP contribution >= 0.6 is 0 Å². The molecule has 0 saturated carbocycles. The quantitative estimate of drug-likeness (QED) is 0.675. The molecule has 0 spiro atoms. The molecule has 0 saturated heterocycles. The summed E-state index contributed by atoms with van der Waals surface area (Å²) < 4.78 is 0. The molecule has 0 unspecified atom stereocenters. The molecular weight excluding hydrogens is 172 g/mol. The number of pyridine rings is 1. The first kappa shape index (κ1) is 8.42. The topological polar surface area (TPSA) is 24.9 Å². The van der Waals surface area contributed by atoms with Crippen LogP contribution in [0, 0.1) is 13.8 Å². The Bertz CT molecular complexity index is 396. The molecule has 0 fully saturated rings. The fourth-order valence-corrected chi connectivity index (χ4v) is 2.82. The third-order valence-corrected chi connectivity index (χ3v) is 3.71. The molecule has 3 rings (SSSR count). The molecule has 1 aromatic rings. The van der Waals surface area contributed by atoms with Crippen LogP contribution in [0.2, 0.25) is 0 Å². The Morgan fingerprint density at radius 1 is 1.36 bits per heavy atom. The van der Waals surface area contributed by atoms with E-state index >= 15 is 0 Å². The van der Waals surface area contributed by atoms with Gasteiger partial charge in [0.25, 0.3) is 0 Å². The highest BCUT2D eigenvalue weighted by Crippen LogP contribution is 2.37. The molecule has 0 radical (unpaired) electrons. The van der Waals surface area contributed by atoms with Crippen molar-refractivity contribution in [3.63, 3.8) is 0 Å². The van der Waals surface area contributed by atoms with Gasteiger partial charge in [0.2, 0.25) is 0 Å². The molecule has 1 aliphatic carbocycles. The molecule has 1 atom stereocenters. The third kappa shape index (κ3) is 0.976. The fraction of sp³-hybridized carbons (Fsp3) is 0.583. The van der Waals surface area contributed by atoms with Gasteiger partial charge in [0.05, 0.1) is 0 Å². The fourth-order valence-electron chi connectivity index (χ4n) is 2.82. The van der Waals surface area contributed by atoms with E-state index in [0.29, 0.717) is 6.04 Å². The number of hydrogen-bond donors (Lipinski definition) is 1. The Morgan fingerprint density at radius 2 is 2.21 bits per heavy atom. The molecule has 0 amide bonds. The van der Waals surface area contributed by atoms with Crippen molar-refractivity contribution in [3.05, 3.63) is 28.1 Å². The number of aryl methyl sites for hydroxylation is 2. The van der Waals surface area contributed by atoms with Crippen LogP contribution in [0.1, 0.15) is 47.0 Å². The molecule has 0 aromatic carbocycles. The van der Waals surface area contributed by atoms with E-state index < -0.39 is 0 Å². The second kappa shape index (κ2) is 2.80. The van der Waals surface area contributed by atoms with Gasteiger partial charge in [0.1, 0.15) is 0 Å². The average Bonchev–Trinajstić information content (AvgIpc) is 2.60. The number of nitrogens with one attached hydrogen (secondary N) is 1. The minimum atomic E-state index is 0.612. The zero-order valence-electron chi connectivity index (χ0n) is 8.85. The lowest BCUT2D eigenvalue weighted by molar-refractivity contribution is 0.493. The van der Waals surface area contributed by atoms with Crippen molar-refractivity contribution in [2.45, 2.75) is 45.7 Å². The van der Waals surface area contributed by atoms with Crippen molar-refractivity contribution < 1.29 is 0 Å². The summed E-state index contributed by atoms with van der Waals surface area (Å²) in [6, 6.07) is 0.612. The summed E-state index contributed by atoms with van der Waals surface area (Å²) in [5.41, 5.74) is 7.07. The maximum absolute atomic E-state index is 4.72. The second-order valence-corrected chi connectivity index (χ2v) is 4.49. The molecule has 2 nitrogen and oxygen atoms in total. The Balaban J connectivity index is 2.28. The molecular formula is C12H16N2. The summed E-state index contributed by atoms with van der Waals surface area (Å²) in [6.45, 7) is 5.40. The highest BCUT2D eigenvalue weighted by molar-refractivity contribution is 5.45. The van der Waals surface area contributed by atoms with E-state index in [1.165, 1.54) is 41.8 Å². The van der Waals surface area contributed by atoms with Gasteiger partial charge in [-0.25, -0.2) is 0 Å². The first-order chi connectivity index (χ1) is 6.77. The lowest BCUT2D eigenvalue weighted by Gasteiger charge is -2.21. The van der Waals surface area contributed by atoms with Crippen LogP contribution in [0.3, 0.4) is 0 Å². The van der Waals surface area contributed by atoms with E-state index in [4.69, 9.17) is 4.98 Å². The van der Waals surface area contributed by atoms with Crippen molar-refractivity contribution in [2.75, 3.05) is 0 Å². The standard InChI is InChI=1S/C12H16N2/c1-7-8(2)14-11-5-3-4-10-12(11)9(7)6-13-10/h10,13H,3-6H2,1-2H3/t10-/m1/s1.